The van der Waals surface area contributed by atoms with Crippen LogP contribution in [-0.4, -0.2) is 49.7 Å². The Bertz CT molecular complexity index is 767. The first-order chi connectivity index (χ1) is 12.0. The maximum atomic E-state index is 12.8. The van der Waals surface area contributed by atoms with E-state index in [0.29, 0.717) is 38.0 Å². The number of carbonyl (C=O) groups is 1. The number of nitrogens with zero attached hydrogens (tertiary/aromatic N) is 2. The normalized spacial score (nSPS) is 29.3. The molecule has 0 N–H and O–H groups in total. The second-order valence-electron chi connectivity index (χ2n) is 7.35. The van der Waals surface area contributed by atoms with E-state index in [9.17, 15) is 13.2 Å². The number of sulfonamides is 1. The SMILES string of the molecule is O=C([C@@H]1C[C@H]2C=C[C@H]1C2)N1CCN(S(=O)(=O)Cc2ccccc2)CC1. The van der Waals surface area contributed by atoms with Gasteiger partial charge in [-0.05, 0) is 30.2 Å². The van der Waals surface area contributed by atoms with E-state index in [-0.39, 0.29) is 17.6 Å². The quantitative estimate of drug-likeness (QED) is 0.771. The lowest BCUT2D eigenvalue weighted by molar-refractivity contribution is -0.137. The van der Waals surface area contributed by atoms with Gasteiger partial charge >= 0.3 is 0 Å². The molecular weight excluding hydrogens is 336 g/mol. The molecule has 1 amide bonds. The Hall–Kier alpha value is -1.66. The van der Waals surface area contributed by atoms with E-state index in [4.69, 9.17) is 0 Å². The van der Waals surface area contributed by atoms with Gasteiger partial charge in [-0.15, -0.1) is 0 Å². The molecule has 0 spiro atoms. The number of carbonyl (C=O) groups excluding carboxylic acids is 1. The van der Waals surface area contributed by atoms with Crippen molar-refractivity contribution in [2.75, 3.05) is 26.2 Å². The predicted octanol–water partition coefficient (Wildman–Crippen LogP) is 1.87. The number of rotatable bonds is 4. The number of hydrogen-bond donors (Lipinski definition) is 0. The minimum Gasteiger partial charge on any atom is -0.340 e. The number of benzene rings is 1. The maximum absolute atomic E-state index is 12.8. The highest BCUT2D eigenvalue weighted by atomic mass is 32.2. The third-order valence-electron chi connectivity index (χ3n) is 5.73. The average Bonchev–Trinajstić information content (AvgIpc) is 3.25. The summed E-state index contributed by atoms with van der Waals surface area (Å²) in [4.78, 5) is 14.6. The molecule has 4 rings (SSSR count). The lowest BCUT2D eigenvalue weighted by Gasteiger charge is -2.36. The van der Waals surface area contributed by atoms with Gasteiger partial charge in [0.05, 0.1) is 5.75 Å². The van der Waals surface area contributed by atoms with Crippen LogP contribution in [0.5, 0.6) is 0 Å². The van der Waals surface area contributed by atoms with Crippen LogP contribution in [0.25, 0.3) is 0 Å². The van der Waals surface area contributed by atoms with Gasteiger partial charge in [-0.25, -0.2) is 8.42 Å². The maximum Gasteiger partial charge on any atom is 0.226 e. The van der Waals surface area contributed by atoms with Crippen molar-refractivity contribution < 1.29 is 13.2 Å². The van der Waals surface area contributed by atoms with Crippen molar-refractivity contribution in [1.82, 2.24) is 9.21 Å². The molecule has 3 aliphatic rings. The Morgan fingerprint density at radius 2 is 1.72 bits per heavy atom. The third kappa shape index (κ3) is 3.37. The molecule has 25 heavy (non-hydrogen) atoms. The van der Waals surface area contributed by atoms with Crippen molar-refractivity contribution in [3.8, 4) is 0 Å². The van der Waals surface area contributed by atoms with Gasteiger partial charge in [-0.3, -0.25) is 4.79 Å². The van der Waals surface area contributed by atoms with E-state index in [2.05, 4.69) is 12.2 Å². The van der Waals surface area contributed by atoms with E-state index in [1.54, 1.807) is 0 Å². The Labute approximate surface area is 149 Å². The van der Waals surface area contributed by atoms with Crippen LogP contribution in [0.15, 0.2) is 42.5 Å². The Morgan fingerprint density at radius 3 is 2.32 bits per heavy atom. The summed E-state index contributed by atoms with van der Waals surface area (Å²) in [6, 6.07) is 9.25. The Kier molecular flexibility index (Phi) is 4.41. The fraction of sp³-hybridized carbons (Fsp3) is 0.526. The second kappa shape index (κ2) is 6.57. The molecule has 6 heteroatoms. The monoisotopic (exact) mass is 360 g/mol. The van der Waals surface area contributed by atoms with Crippen LogP contribution in [0.3, 0.4) is 0 Å². The first kappa shape index (κ1) is 16.8. The summed E-state index contributed by atoms with van der Waals surface area (Å²) in [6.07, 6.45) is 6.51. The summed E-state index contributed by atoms with van der Waals surface area (Å²) >= 11 is 0. The van der Waals surface area contributed by atoms with Gasteiger partial charge in [0.1, 0.15) is 0 Å². The Balaban J connectivity index is 1.35. The predicted molar refractivity (Wildman–Crippen MR) is 96.1 cm³/mol. The number of piperazine rings is 1. The molecule has 2 aliphatic carbocycles. The minimum absolute atomic E-state index is 0.0267. The third-order valence-corrected chi connectivity index (χ3v) is 7.58. The van der Waals surface area contributed by atoms with Crippen molar-refractivity contribution in [3.05, 3.63) is 48.0 Å². The van der Waals surface area contributed by atoms with Crippen LogP contribution in [0.1, 0.15) is 18.4 Å². The van der Waals surface area contributed by atoms with Gasteiger partial charge < -0.3 is 4.90 Å². The highest BCUT2D eigenvalue weighted by Crippen LogP contribution is 2.44. The topological polar surface area (TPSA) is 57.7 Å². The smallest absolute Gasteiger partial charge is 0.226 e. The molecule has 1 heterocycles. The summed E-state index contributed by atoms with van der Waals surface area (Å²) in [6.45, 7) is 1.81. The van der Waals surface area contributed by atoms with Crippen LogP contribution in [0.4, 0.5) is 0 Å². The number of hydrogen-bond acceptors (Lipinski definition) is 3. The van der Waals surface area contributed by atoms with Gasteiger partial charge in [0.25, 0.3) is 0 Å². The number of amides is 1. The first-order valence-corrected chi connectivity index (χ1v) is 10.6. The van der Waals surface area contributed by atoms with Crippen molar-refractivity contribution in [3.63, 3.8) is 0 Å². The minimum atomic E-state index is -3.33. The van der Waals surface area contributed by atoms with Crippen LogP contribution >= 0.6 is 0 Å². The lowest BCUT2D eigenvalue weighted by atomic mass is 9.92. The second-order valence-corrected chi connectivity index (χ2v) is 9.32. The van der Waals surface area contributed by atoms with Gasteiger partial charge in [0.2, 0.25) is 15.9 Å². The van der Waals surface area contributed by atoms with Crippen LogP contribution in [-0.2, 0) is 20.6 Å². The van der Waals surface area contributed by atoms with Crippen LogP contribution in [0, 0.1) is 17.8 Å². The summed E-state index contributed by atoms with van der Waals surface area (Å²) in [5.41, 5.74) is 0.801. The molecule has 1 saturated carbocycles. The molecule has 1 aromatic rings. The average molecular weight is 360 g/mol. The zero-order valence-electron chi connectivity index (χ0n) is 14.3. The fourth-order valence-corrected chi connectivity index (χ4v) is 5.88. The van der Waals surface area contributed by atoms with Crippen LogP contribution in [0.2, 0.25) is 0 Å². The van der Waals surface area contributed by atoms with Gasteiger partial charge in [-0.2, -0.15) is 4.31 Å². The largest absolute Gasteiger partial charge is 0.340 e. The zero-order valence-corrected chi connectivity index (χ0v) is 15.1. The van der Waals surface area contributed by atoms with Crippen molar-refractivity contribution >= 4 is 15.9 Å². The van der Waals surface area contributed by atoms with Crippen molar-refractivity contribution in [1.29, 1.82) is 0 Å². The molecule has 0 unspecified atom stereocenters. The molecule has 1 aliphatic heterocycles. The molecule has 2 fully saturated rings. The molecule has 0 radical (unpaired) electrons. The van der Waals surface area contributed by atoms with E-state index >= 15 is 0 Å². The highest BCUT2D eigenvalue weighted by molar-refractivity contribution is 7.88. The van der Waals surface area contributed by atoms with E-state index in [0.717, 1.165) is 18.4 Å². The summed E-state index contributed by atoms with van der Waals surface area (Å²) < 4.78 is 26.7. The number of allylic oxidation sites excluding steroid dienone is 2. The van der Waals surface area contributed by atoms with Crippen molar-refractivity contribution in [2.45, 2.75) is 18.6 Å². The van der Waals surface area contributed by atoms with Gasteiger partial charge in [-0.1, -0.05) is 42.5 Å². The molecule has 1 saturated heterocycles. The van der Waals surface area contributed by atoms with E-state index in [1.165, 1.54) is 4.31 Å². The summed E-state index contributed by atoms with van der Waals surface area (Å²) in [5, 5.41) is 0. The number of fused-ring (bicyclic) bond motifs is 2. The molecule has 3 atom stereocenters. The summed E-state index contributed by atoms with van der Waals surface area (Å²) in [5.74, 6) is 1.34. The molecule has 1 aromatic carbocycles. The first-order valence-electron chi connectivity index (χ1n) is 9.02. The van der Waals surface area contributed by atoms with Crippen LogP contribution < -0.4 is 0 Å². The molecule has 134 valence electrons. The van der Waals surface area contributed by atoms with Crippen molar-refractivity contribution in [2.24, 2.45) is 17.8 Å². The zero-order chi connectivity index (χ0) is 17.4. The standard InChI is InChI=1S/C19H24N2O3S/c22-19(18-13-16-6-7-17(18)12-16)20-8-10-21(11-9-20)25(23,24)14-15-4-2-1-3-5-15/h1-7,16-18H,8-14H2/t16-,17-,18+/m0/s1. The summed E-state index contributed by atoms with van der Waals surface area (Å²) in [7, 11) is -3.33. The lowest BCUT2D eigenvalue weighted by Crippen LogP contribution is -2.52. The fourth-order valence-electron chi connectivity index (χ4n) is 4.36. The van der Waals surface area contributed by atoms with E-state index < -0.39 is 10.0 Å². The molecular formula is C19H24N2O3S. The molecule has 2 bridgehead atoms. The van der Waals surface area contributed by atoms with Gasteiger partial charge in [0, 0.05) is 32.1 Å². The highest BCUT2D eigenvalue weighted by Gasteiger charge is 2.42. The molecule has 5 nitrogen and oxygen atoms in total. The van der Waals surface area contributed by atoms with E-state index in [1.807, 2.05) is 35.2 Å². The Morgan fingerprint density at radius 1 is 1.00 bits per heavy atom. The molecule has 0 aromatic heterocycles. The van der Waals surface area contributed by atoms with Gasteiger partial charge in [0.15, 0.2) is 0 Å².